The Balaban J connectivity index is 3.31. The number of rotatable bonds is 0. The molecule has 0 heterocycles. The van der Waals surface area contributed by atoms with Crippen LogP contribution in [0, 0.1) is 10.5 Å². The number of phenolic OH excluding ortho intramolecular Hbond substituents is 2. The summed E-state index contributed by atoms with van der Waals surface area (Å²) in [5.74, 6) is -0.0874. The minimum absolute atomic E-state index is 0.0359. The molecule has 2 nitrogen and oxygen atoms in total. The van der Waals surface area contributed by atoms with E-state index in [-0.39, 0.29) is 11.5 Å². The minimum Gasteiger partial charge on any atom is -0.504 e. The maximum absolute atomic E-state index is 9.07. The maximum atomic E-state index is 9.07. The Hall–Kier alpha value is -0.450. The molecule has 1 aromatic carbocycles. The lowest BCUT2D eigenvalue weighted by Crippen LogP contribution is -1.77. The topological polar surface area (TPSA) is 40.5 Å². The van der Waals surface area contributed by atoms with E-state index < -0.39 is 0 Å². The summed E-state index contributed by atoms with van der Waals surface area (Å²) in [4.78, 5) is 0. The van der Waals surface area contributed by atoms with Gasteiger partial charge in [0.05, 0.1) is 3.57 Å². The Morgan fingerprint density at radius 1 is 1.30 bits per heavy atom. The van der Waals surface area contributed by atoms with Crippen molar-refractivity contribution in [3.8, 4) is 11.5 Å². The molecule has 0 saturated carbocycles. The van der Waals surface area contributed by atoms with Crippen molar-refractivity contribution in [2.24, 2.45) is 0 Å². The Kier molecular flexibility index (Phi) is 2.03. The van der Waals surface area contributed by atoms with Gasteiger partial charge in [-0.2, -0.15) is 0 Å². The molecule has 0 saturated heterocycles. The summed E-state index contributed by atoms with van der Waals surface area (Å²) in [6.45, 7) is 1.86. The molecule has 3 heteroatoms. The Morgan fingerprint density at radius 2 is 1.90 bits per heavy atom. The van der Waals surface area contributed by atoms with Crippen molar-refractivity contribution in [3.05, 3.63) is 21.3 Å². The summed E-state index contributed by atoms with van der Waals surface area (Å²) in [6.07, 6.45) is 0. The Morgan fingerprint density at radius 3 is 2.40 bits per heavy atom. The standard InChI is InChI=1S/C7H7IO2/c1-4-2-5(8)7(10)6(9)3-4/h2-3,9-10H,1H3. The van der Waals surface area contributed by atoms with E-state index >= 15 is 0 Å². The molecule has 0 radical (unpaired) electrons. The van der Waals surface area contributed by atoms with Crippen LogP contribution in [0.3, 0.4) is 0 Å². The van der Waals surface area contributed by atoms with Gasteiger partial charge in [-0.15, -0.1) is 0 Å². The summed E-state index contributed by atoms with van der Waals surface area (Å²) in [5, 5.41) is 18.1. The second kappa shape index (κ2) is 2.65. The highest BCUT2D eigenvalue weighted by molar-refractivity contribution is 14.1. The van der Waals surface area contributed by atoms with Gasteiger partial charge >= 0.3 is 0 Å². The molecule has 1 rings (SSSR count). The summed E-state index contributed by atoms with van der Waals surface area (Å²) >= 11 is 1.97. The van der Waals surface area contributed by atoms with Crippen LogP contribution >= 0.6 is 22.6 Å². The second-order valence-corrected chi connectivity index (χ2v) is 3.28. The van der Waals surface area contributed by atoms with Crippen LogP contribution in [0.4, 0.5) is 0 Å². The van der Waals surface area contributed by atoms with E-state index in [1.807, 2.05) is 29.5 Å². The fraction of sp³-hybridized carbons (Fsp3) is 0.143. The van der Waals surface area contributed by atoms with E-state index in [0.717, 1.165) is 5.56 Å². The van der Waals surface area contributed by atoms with E-state index in [0.29, 0.717) is 3.57 Å². The molecule has 0 unspecified atom stereocenters. The smallest absolute Gasteiger partial charge is 0.171 e. The van der Waals surface area contributed by atoms with Crippen LogP contribution in [0.25, 0.3) is 0 Å². The number of aryl methyl sites for hydroxylation is 1. The zero-order valence-electron chi connectivity index (χ0n) is 5.43. The number of aromatic hydroxyl groups is 2. The highest BCUT2D eigenvalue weighted by Gasteiger charge is 2.03. The molecule has 1 aromatic rings. The predicted octanol–water partition coefficient (Wildman–Crippen LogP) is 2.01. The van der Waals surface area contributed by atoms with E-state index in [1.54, 1.807) is 6.07 Å². The first-order valence-corrected chi connectivity index (χ1v) is 3.87. The summed E-state index contributed by atoms with van der Waals surface area (Å²) in [7, 11) is 0. The molecular weight excluding hydrogens is 243 g/mol. The van der Waals surface area contributed by atoms with Crippen molar-refractivity contribution < 1.29 is 10.2 Å². The van der Waals surface area contributed by atoms with E-state index in [1.165, 1.54) is 6.07 Å². The third-order valence-electron chi connectivity index (χ3n) is 1.19. The lowest BCUT2D eigenvalue weighted by Gasteiger charge is -2.00. The molecule has 0 atom stereocenters. The van der Waals surface area contributed by atoms with Crippen molar-refractivity contribution in [3.63, 3.8) is 0 Å². The molecule has 54 valence electrons. The molecular formula is C7H7IO2. The summed E-state index contributed by atoms with van der Waals surface area (Å²) in [5.41, 5.74) is 0.944. The van der Waals surface area contributed by atoms with Crippen LogP contribution in [0.5, 0.6) is 11.5 Å². The van der Waals surface area contributed by atoms with Gasteiger partial charge in [-0.3, -0.25) is 0 Å². The van der Waals surface area contributed by atoms with E-state index in [2.05, 4.69) is 0 Å². The lowest BCUT2D eigenvalue weighted by molar-refractivity contribution is 0.401. The van der Waals surface area contributed by atoms with E-state index in [9.17, 15) is 0 Å². The molecule has 0 fully saturated rings. The monoisotopic (exact) mass is 250 g/mol. The van der Waals surface area contributed by atoms with Gasteiger partial charge in [-0.1, -0.05) is 0 Å². The molecule has 2 N–H and O–H groups in total. The highest BCUT2D eigenvalue weighted by Crippen LogP contribution is 2.30. The molecule has 0 aliphatic rings. The van der Waals surface area contributed by atoms with Crippen molar-refractivity contribution in [1.29, 1.82) is 0 Å². The first kappa shape index (κ1) is 7.65. The summed E-state index contributed by atoms with van der Waals surface area (Å²) in [6, 6.07) is 3.33. The van der Waals surface area contributed by atoms with Gasteiger partial charge in [0.1, 0.15) is 0 Å². The average molecular weight is 250 g/mol. The van der Waals surface area contributed by atoms with Crippen molar-refractivity contribution in [2.75, 3.05) is 0 Å². The Bertz CT molecular complexity index is 235. The maximum Gasteiger partial charge on any atom is 0.171 e. The van der Waals surface area contributed by atoms with Crippen LogP contribution in [0.2, 0.25) is 0 Å². The molecule has 0 aromatic heterocycles. The lowest BCUT2D eigenvalue weighted by atomic mass is 10.2. The van der Waals surface area contributed by atoms with Crippen LogP contribution in [0.1, 0.15) is 5.56 Å². The average Bonchev–Trinajstić information content (AvgIpc) is 1.82. The largest absolute Gasteiger partial charge is 0.504 e. The molecule has 0 aliphatic heterocycles. The van der Waals surface area contributed by atoms with E-state index in [4.69, 9.17) is 10.2 Å². The number of halogens is 1. The zero-order valence-corrected chi connectivity index (χ0v) is 7.58. The molecule has 0 aliphatic carbocycles. The predicted molar refractivity (Wildman–Crippen MR) is 47.2 cm³/mol. The Labute approximate surface area is 72.6 Å². The molecule has 10 heavy (non-hydrogen) atoms. The molecule has 0 amide bonds. The number of hydrogen-bond donors (Lipinski definition) is 2. The van der Waals surface area contributed by atoms with Crippen molar-refractivity contribution in [1.82, 2.24) is 0 Å². The third kappa shape index (κ3) is 1.34. The van der Waals surface area contributed by atoms with Gasteiger partial charge in [0.25, 0.3) is 0 Å². The van der Waals surface area contributed by atoms with Crippen molar-refractivity contribution in [2.45, 2.75) is 6.92 Å². The second-order valence-electron chi connectivity index (χ2n) is 2.11. The molecule has 0 spiro atoms. The number of benzene rings is 1. The minimum atomic E-state index is -0.0515. The normalized spacial score (nSPS) is 9.80. The number of hydrogen-bond acceptors (Lipinski definition) is 2. The number of phenols is 2. The van der Waals surface area contributed by atoms with Gasteiger partial charge in [0.15, 0.2) is 11.5 Å². The van der Waals surface area contributed by atoms with Crippen LogP contribution < -0.4 is 0 Å². The van der Waals surface area contributed by atoms with Gasteiger partial charge < -0.3 is 10.2 Å². The highest BCUT2D eigenvalue weighted by atomic mass is 127. The first-order valence-electron chi connectivity index (χ1n) is 2.79. The quantitative estimate of drug-likeness (QED) is 0.546. The molecule has 0 bridgehead atoms. The summed E-state index contributed by atoms with van der Waals surface area (Å²) < 4.78 is 0.676. The van der Waals surface area contributed by atoms with Crippen LogP contribution in [-0.4, -0.2) is 10.2 Å². The third-order valence-corrected chi connectivity index (χ3v) is 2.01. The SMILES string of the molecule is Cc1cc(O)c(O)c(I)c1. The van der Waals surface area contributed by atoms with Crippen LogP contribution in [0.15, 0.2) is 12.1 Å². The fourth-order valence-electron chi connectivity index (χ4n) is 0.716. The van der Waals surface area contributed by atoms with Gasteiger partial charge in [-0.25, -0.2) is 0 Å². The van der Waals surface area contributed by atoms with Gasteiger partial charge in [-0.05, 0) is 47.2 Å². The first-order chi connectivity index (χ1) is 4.61. The van der Waals surface area contributed by atoms with Crippen molar-refractivity contribution >= 4 is 22.6 Å². The van der Waals surface area contributed by atoms with Gasteiger partial charge in [0.2, 0.25) is 0 Å². The fourth-order valence-corrected chi connectivity index (χ4v) is 1.48. The van der Waals surface area contributed by atoms with Crippen LogP contribution in [-0.2, 0) is 0 Å². The van der Waals surface area contributed by atoms with Gasteiger partial charge in [0, 0.05) is 0 Å². The zero-order chi connectivity index (χ0) is 7.72.